The van der Waals surface area contributed by atoms with Crippen LogP contribution in [0.25, 0.3) is 0 Å². The topological polar surface area (TPSA) is 88.1 Å². The molecule has 1 aromatic rings. The average molecular weight is 296 g/mol. The summed E-state index contributed by atoms with van der Waals surface area (Å²) in [6.07, 6.45) is 0.192. The summed E-state index contributed by atoms with van der Waals surface area (Å²) in [5.74, 6) is -0.576. The minimum absolute atomic E-state index is 0.192. The maximum Gasteiger partial charge on any atom is 0.326 e. The zero-order valence-electron chi connectivity index (χ0n) is 12.3. The quantitative estimate of drug-likeness (QED) is 0.792. The Kier molecular flexibility index (Phi) is 6.48. The number of amides is 2. The van der Waals surface area contributed by atoms with Gasteiger partial charge in [-0.3, -0.25) is 4.90 Å². The van der Waals surface area contributed by atoms with Crippen molar-refractivity contribution >= 4 is 17.7 Å². The number of carboxylic acid groups (broad SMARTS) is 1. The summed E-state index contributed by atoms with van der Waals surface area (Å²) < 4.78 is 10.0. The second-order valence-electron chi connectivity index (χ2n) is 4.35. The Morgan fingerprint density at radius 1 is 1.33 bits per heavy atom. The van der Waals surface area contributed by atoms with Gasteiger partial charge in [0.25, 0.3) is 0 Å². The van der Waals surface area contributed by atoms with Gasteiger partial charge in [0, 0.05) is 27.2 Å². The molecule has 1 unspecified atom stereocenters. The molecule has 7 heteroatoms. The molecule has 0 fully saturated rings. The number of urea groups is 1. The van der Waals surface area contributed by atoms with E-state index in [1.807, 2.05) is 0 Å². The third-order valence-corrected chi connectivity index (χ3v) is 2.96. The zero-order chi connectivity index (χ0) is 15.8. The van der Waals surface area contributed by atoms with E-state index >= 15 is 0 Å². The van der Waals surface area contributed by atoms with Gasteiger partial charge in [-0.25, -0.2) is 9.59 Å². The molecule has 1 atom stereocenters. The highest BCUT2D eigenvalue weighted by Crippen LogP contribution is 2.26. The SMILES string of the molecule is COCCC(NC(=O)N(C)c1ccccc1OC)C(=O)O. The molecule has 1 rings (SSSR count). The van der Waals surface area contributed by atoms with Gasteiger partial charge in [0.1, 0.15) is 11.8 Å². The minimum Gasteiger partial charge on any atom is -0.495 e. The van der Waals surface area contributed by atoms with Crippen molar-refractivity contribution in [2.45, 2.75) is 12.5 Å². The van der Waals surface area contributed by atoms with E-state index < -0.39 is 18.0 Å². The predicted octanol–water partition coefficient (Wildman–Crippen LogP) is 1.33. The summed E-state index contributed by atoms with van der Waals surface area (Å²) in [7, 11) is 4.52. The molecule has 2 N–H and O–H groups in total. The molecular weight excluding hydrogens is 276 g/mol. The van der Waals surface area contributed by atoms with Crippen molar-refractivity contribution in [3.8, 4) is 5.75 Å². The van der Waals surface area contributed by atoms with E-state index in [9.17, 15) is 9.59 Å². The number of carbonyl (C=O) groups is 2. The van der Waals surface area contributed by atoms with Crippen LogP contribution in [0.2, 0.25) is 0 Å². The molecule has 21 heavy (non-hydrogen) atoms. The highest BCUT2D eigenvalue weighted by molar-refractivity contribution is 5.95. The number of hydrogen-bond donors (Lipinski definition) is 2. The number of benzene rings is 1. The monoisotopic (exact) mass is 296 g/mol. The van der Waals surface area contributed by atoms with Crippen LogP contribution in [0.3, 0.4) is 0 Å². The zero-order valence-corrected chi connectivity index (χ0v) is 12.3. The number of rotatable bonds is 7. The predicted molar refractivity (Wildman–Crippen MR) is 77.8 cm³/mol. The molecule has 1 aromatic carbocycles. The van der Waals surface area contributed by atoms with E-state index in [-0.39, 0.29) is 13.0 Å². The van der Waals surface area contributed by atoms with E-state index in [2.05, 4.69) is 5.32 Å². The molecule has 0 aliphatic rings. The van der Waals surface area contributed by atoms with Crippen LogP contribution in [0.1, 0.15) is 6.42 Å². The first-order chi connectivity index (χ1) is 10.0. The van der Waals surface area contributed by atoms with Gasteiger partial charge in [0.05, 0.1) is 12.8 Å². The first-order valence-electron chi connectivity index (χ1n) is 6.40. The van der Waals surface area contributed by atoms with E-state index in [0.717, 1.165) is 0 Å². The summed E-state index contributed by atoms with van der Waals surface area (Å²) in [4.78, 5) is 24.6. The second-order valence-corrected chi connectivity index (χ2v) is 4.35. The molecule has 0 saturated carbocycles. The lowest BCUT2D eigenvalue weighted by molar-refractivity contribution is -0.139. The van der Waals surface area contributed by atoms with Gasteiger partial charge < -0.3 is 19.9 Å². The van der Waals surface area contributed by atoms with Crippen LogP contribution in [0.4, 0.5) is 10.5 Å². The van der Waals surface area contributed by atoms with E-state index in [4.69, 9.17) is 14.6 Å². The third-order valence-electron chi connectivity index (χ3n) is 2.96. The number of aliphatic carboxylic acids is 1. The number of hydrogen-bond acceptors (Lipinski definition) is 4. The second kappa shape index (κ2) is 8.11. The Bertz CT molecular complexity index is 492. The van der Waals surface area contributed by atoms with Crippen molar-refractivity contribution in [1.29, 1.82) is 0 Å². The van der Waals surface area contributed by atoms with E-state index in [1.54, 1.807) is 31.3 Å². The van der Waals surface area contributed by atoms with Crippen LogP contribution in [-0.4, -0.2) is 51.0 Å². The Hall–Kier alpha value is -2.28. The molecule has 0 aliphatic carbocycles. The van der Waals surface area contributed by atoms with Crippen LogP contribution in [0.15, 0.2) is 24.3 Å². The smallest absolute Gasteiger partial charge is 0.326 e. The normalized spacial score (nSPS) is 11.6. The van der Waals surface area contributed by atoms with Crippen molar-refractivity contribution < 1.29 is 24.2 Å². The maximum atomic E-state index is 12.1. The largest absolute Gasteiger partial charge is 0.495 e. The Balaban J connectivity index is 2.79. The number of para-hydroxylation sites is 2. The fourth-order valence-corrected chi connectivity index (χ4v) is 1.76. The van der Waals surface area contributed by atoms with E-state index in [1.165, 1.54) is 19.1 Å². The Labute approximate surface area is 123 Å². The summed E-state index contributed by atoms with van der Waals surface area (Å²) >= 11 is 0. The number of nitrogens with one attached hydrogen (secondary N) is 1. The van der Waals surface area contributed by atoms with Gasteiger partial charge in [-0.1, -0.05) is 12.1 Å². The van der Waals surface area contributed by atoms with Crippen LogP contribution in [0.5, 0.6) is 5.75 Å². The number of carboxylic acids is 1. The molecule has 0 saturated heterocycles. The third kappa shape index (κ3) is 4.64. The standard InChI is InChI=1S/C14H20N2O5/c1-16(11-6-4-5-7-12(11)21-3)14(19)15-10(13(17)18)8-9-20-2/h4-7,10H,8-9H2,1-3H3,(H,15,19)(H,17,18). The number of nitrogens with zero attached hydrogens (tertiary/aromatic N) is 1. The molecule has 116 valence electrons. The lowest BCUT2D eigenvalue weighted by atomic mass is 10.2. The van der Waals surface area contributed by atoms with Crippen molar-refractivity contribution in [3.63, 3.8) is 0 Å². The molecule has 0 bridgehead atoms. The molecule has 7 nitrogen and oxygen atoms in total. The average Bonchev–Trinajstić information content (AvgIpc) is 2.49. The number of ether oxygens (including phenoxy) is 2. The summed E-state index contributed by atoms with van der Waals surface area (Å²) in [6.45, 7) is 0.246. The number of carbonyl (C=O) groups excluding carboxylic acids is 1. The number of methoxy groups -OCH3 is 2. The van der Waals surface area contributed by atoms with Gasteiger partial charge in [-0.05, 0) is 12.1 Å². The summed E-state index contributed by atoms with van der Waals surface area (Å²) in [6, 6.07) is 5.45. The van der Waals surface area contributed by atoms with Crippen molar-refractivity contribution in [2.75, 3.05) is 32.8 Å². The molecule has 0 aliphatic heterocycles. The maximum absolute atomic E-state index is 12.1. The molecule has 0 aromatic heterocycles. The molecule has 2 amide bonds. The molecule has 0 radical (unpaired) electrons. The van der Waals surface area contributed by atoms with Crippen LogP contribution in [0, 0.1) is 0 Å². The fraction of sp³-hybridized carbons (Fsp3) is 0.429. The first-order valence-corrected chi connectivity index (χ1v) is 6.40. The van der Waals surface area contributed by atoms with Gasteiger partial charge in [-0.2, -0.15) is 0 Å². The Morgan fingerprint density at radius 2 is 2.00 bits per heavy atom. The number of anilines is 1. The van der Waals surface area contributed by atoms with Crippen molar-refractivity contribution in [1.82, 2.24) is 5.32 Å². The first kappa shape index (κ1) is 16.8. The van der Waals surface area contributed by atoms with Crippen molar-refractivity contribution in [2.24, 2.45) is 0 Å². The van der Waals surface area contributed by atoms with Gasteiger partial charge in [0.15, 0.2) is 0 Å². The van der Waals surface area contributed by atoms with E-state index in [0.29, 0.717) is 11.4 Å². The van der Waals surface area contributed by atoms with Gasteiger partial charge >= 0.3 is 12.0 Å². The Morgan fingerprint density at radius 3 is 2.57 bits per heavy atom. The molecule has 0 heterocycles. The highest BCUT2D eigenvalue weighted by Gasteiger charge is 2.23. The lowest BCUT2D eigenvalue weighted by Crippen LogP contribution is -2.47. The van der Waals surface area contributed by atoms with Crippen molar-refractivity contribution in [3.05, 3.63) is 24.3 Å². The lowest BCUT2D eigenvalue weighted by Gasteiger charge is -2.22. The van der Waals surface area contributed by atoms with Gasteiger partial charge in [-0.15, -0.1) is 0 Å². The van der Waals surface area contributed by atoms with Crippen LogP contribution in [-0.2, 0) is 9.53 Å². The van der Waals surface area contributed by atoms with Gasteiger partial charge in [0.2, 0.25) is 0 Å². The van der Waals surface area contributed by atoms with Crippen LogP contribution >= 0.6 is 0 Å². The summed E-state index contributed by atoms with van der Waals surface area (Å²) in [5, 5.41) is 11.5. The highest BCUT2D eigenvalue weighted by atomic mass is 16.5. The molecular formula is C14H20N2O5. The summed E-state index contributed by atoms with van der Waals surface area (Å²) in [5.41, 5.74) is 0.549. The van der Waals surface area contributed by atoms with Crippen LogP contribution < -0.4 is 15.0 Å². The fourth-order valence-electron chi connectivity index (χ4n) is 1.76. The minimum atomic E-state index is -1.10. The molecule has 0 spiro atoms.